The summed E-state index contributed by atoms with van der Waals surface area (Å²) in [6, 6.07) is 0. The Morgan fingerprint density at radius 2 is 2.14 bits per heavy atom. The van der Waals surface area contributed by atoms with Crippen LogP contribution in [0.5, 0.6) is 0 Å². The van der Waals surface area contributed by atoms with Crippen molar-refractivity contribution in [2.24, 2.45) is 5.92 Å². The van der Waals surface area contributed by atoms with Crippen LogP contribution in [-0.2, 0) is 0 Å². The molecule has 0 bridgehead atoms. The van der Waals surface area contributed by atoms with Crippen LogP contribution in [0.1, 0.15) is 43.3 Å². The van der Waals surface area contributed by atoms with Gasteiger partial charge in [0.1, 0.15) is 5.82 Å². The van der Waals surface area contributed by atoms with Crippen molar-refractivity contribution in [3.8, 4) is 0 Å². The molecule has 3 rings (SSSR count). The molecule has 0 radical (unpaired) electrons. The van der Waals surface area contributed by atoms with Gasteiger partial charge >= 0.3 is 0 Å². The van der Waals surface area contributed by atoms with Crippen LogP contribution in [0.3, 0.4) is 0 Å². The molecule has 2 fully saturated rings. The first-order valence-corrected chi connectivity index (χ1v) is 5.47. The minimum atomic E-state index is 0.537. The molecule has 0 spiro atoms. The van der Waals surface area contributed by atoms with Crippen LogP contribution in [0.2, 0.25) is 0 Å². The molecule has 1 saturated heterocycles. The van der Waals surface area contributed by atoms with Gasteiger partial charge in [0.15, 0.2) is 5.82 Å². The predicted octanol–water partition coefficient (Wildman–Crippen LogP) is 1.00. The van der Waals surface area contributed by atoms with Crippen LogP contribution >= 0.6 is 0 Å². The van der Waals surface area contributed by atoms with Crippen LogP contribution in [0.4, 0.5) is 0 Å². The minimum absolute atomic E-state index is 0.537. The van der Waals surface area contributed by atoms with Crippen LogP contribution < -0.4 is 5.32 Å². The average molecular weight is 192 g/mol. The third kappa shape index (κ3) is 1.34. The second-order valence-corrected chi connectivity index (χ2v) is 4.60. The van der Waals surface area contributed by atoms with Gasteiger partial charge in [-0.1, -0.05) is 6.92 Å². The Bertz CT molecular complexity index is 329. The first-order chi connectivity index (χ1) is 6.84. The van der Waals surface area contributed by atoms with E-state index in [4.69, 9.17) is 0 Å². The zero-order valence-electron chi connectivity index (χ0n) is 8.45. The van der Waals surface area contributed by atoms with Crippen LogP contribution in [0.15, 0.2) is 0 Å². The molecule has 2 aliphatic rings. The molecule has 0 unspecified atom stereocenters. The molecular weight excluding hydrogens is 176 g/mol. The quantitative estimate of drug-likeness (QED) is 0.735. The molecule has 14 heavy (non-hydrogen) atoms. The molecule has 0 amide bonds. The van der Waals surface area contributed by atoms with Crippen molar-refractivity contribution in [1.82, 2.24) is 20.5 Å². The summed E-state index contributed by atoms with van der Waals surface area (Å²) >= 11 is 0. The number of H-pyrrole nitrogens is 1. The highest BCUT2D eigenvalue weighted by Crippen LogP contribution is 2.38. The molecule has 4 heteroatoms. The Balaban J connectivity index is 1.81. The summed E-state index contributed by atoms with van der Waals surface area (Å²) in [6.45, 7) is 4.41. The van der Waals surface area contributed by atoms with E-state index in [0.717, 1.165) is 24.7 Å². The van der Waals surface area contributed by atoms with Gasteiger partial charge in [0.05, 0.1) is 0 Å². The van der Waals surface area contributed by atoms with Gasteiger partial charge in [0.25, 0.3) is 0 Å². The Morgan fingerprint density at radius 3 is 2.79 bits per heavy atom. The molecule has 4 nitrogen and oxygen atoms in total. The fraction of sp³-hybridized carbons (Fsp3) is 0.800. The van der Waals surface area contributed by atoms with E-state index in [2.05, 4.69) is 27.4 Å². The fourth-order valence-electron chi connectivity index (χ4n) is 2.15. The predicted molar refractivity (Wildman–Crippen MR) is 53.1 cm³/mol. The Labute approximate surface area is 83.5 Å². The molecule has 2 atom stereocenters. The first-order valence-electron chi connectivity index (χ1n) is 5.47. The lowest BCUT2D eigenvalue weighted by Crippen LogP contribution is -2.09. The molecule has 1 aromatic heterocycles. The molecule has 1 aliphatic heterocycles. The summed E-state index contributed by atoms with van der Waals surface area (Å²) in [5, 5.41) is 10.8. The van der Waals surface area contributed by atoms with Crippen molar-refractivity contribution < 1.29 is 0 Å². The zero-order chi connectivity index (χ0) is 9.54. The summed E-state index contributed by atoms with van der Waals surface area (Å²) in [6.07, 6.45) is 2.55. The van der Waals surface area contributed by atoms with Gasteiger partial charge in [-0.25, -0.2) is 4.98 Å². The number of aromatic nitrogens is 3. The fourth-order valence-corrected chi connectivity index (χ4v) is 2.15. The second kappa shape index (κ2) is 3.05. The number of rotatable bonds is 2. The second-order valence-electron chi connectivity index (χ2n) is 4.60. The molecule has 1 aliphatic carbocycles. The topological polar surface area (TPSA) is 53.6 Å². The maximum atomic E-state index is 4.60. The van der Waals surface area contributed by atoms with Crippen molar-refractivity contribution in [2.45, 2.75) is 31.6 Å². The lowest BCUT2D eigenvalue weighted by Gasteiger charge is -2.09. The molecule has 76 valence electrons. The van der Waals surface area contributed by atoms with E-state index in [1.54, 1.807) is 0 Å². The van der Waals surface area contributed by atoms with E-state index in [1.807, 2.05) is 0 Å². The molecular formula is C10H16N4. The van der Waals surface area contributed by atoms with E-state index >= 15 is 0 Å². The van der Waals surface area contributed by atoms with E-state index in [9.17, 15) is 0 Å². The Kier molecular flexibility index (Phi) is 1.83. The number of nitrogens with one attached hydrogen (secondary N) is 2. The van der Waals surface area contributed by atoms with Crippen LogP contribution in [-0.4, -0.2) is 28.3 Å². The van der Waals surface area contributed by atoms with E-state index < -0.39 is 0 Å². The van der Waals surface area contributed by atoms with Crippen molar-refractivity contribution in [3.05, 3.63) is 11.6 Å². The maximum Gasteiger partial charge on any atom is 0.153 e. The molecule has 1 aromatic rings. The summed E-state index contributed by atoms with van der Waals surface area (Å²) in [4.78, 5) is 4.60. The highest BCUT2D eigenvalue weighted by molar-refractivity contribution is 5.09. The number of nitrogens with zero attached hydrogens (tertiary/aromatic N) is 2. The summed E-state index contributed by atoms with van der Waals surface area (Å²) < 4.78 is 0. The summed E-state index contributed by atoms with van der Waals surface area (Å²) in [5.74, 6) is 4.00. The monoisotopic (exact) mass is 192 g/mol. The lowest BCUT2D eigenvalue weighted by atomic mass is 9.98. The van der Waals surface area contributed by atoms with Gasteiger partial charge in [-0.15, -0.1) is 0 Å². The van der Waals surface area contributed by atoms with Gasteiger partial charge in [-0.05, 0) is 25.3 Å². The number of hydrogen-bond acceptors (Lipinski definition) is 3. The van der Waals surface area contributed by atoms with Crippen molar-refractivity contribution in [3.63, 3.8) is 0 Å². The highest BCUT2D eigenvalue weighted by Gasteiger charge is 2.31. The molecule has 2 N–H and O–H groups in total. The molecule has 2 heterocycles. The largest absolute Gasteiger partial charge is 0.316 e. The third-order valence-corrected chi connectivity index (χ3v) is 3.33. The van der Waals surface area contributed by atoms with Crippen molar-refractivity contribution in [1.29, 1.82) is 0 Å². The van der Waals surface area contributed by atoms with Gasteiger partial charge in [-0.3, -0.25) is 5.10 Å². The maximum absolute atomic E-state index is 4.60. The first kappa shape index (κ1) is 8.41. The SMILES string of the molecule is C[C@@H]1CNC[C@H]1c1nc(C2CC2)n[nH]1. The highest BCUT2D eigenvalue weighted by atomic mass is 15.2. The zero-order valence-corrected chi connectivity index (χ0v) is 8.45. The minimum Gasteiger partial charge on any atom is -0.316 e. The smallest absolute Gasteiger partial charge is 0.153 e. The summed E-state index contributed by atoms with van der Waals surface area (Å²) in [7, 11) is 0. The lowest BCUT2D eigenvalue weighted by molar-refractivity contribution is 0.547. The number of hydrogen-bond donors (Lipinski definition) is 2. The van der Waals surface area contributed by atoms with E-state index in [-0.39, 0.29) is 0 Å². The van der Waals surface area contributed by atoms with E-state index in [0.29, 0.717) is 17.8 Å². The number of aromatic amines is 1. The van der Waals surface area contributed by atoms with Gasteiger partial charge in [-0.2, -0.15) is 5.10 Å². The molecule has 1 saturated carbocycles. The Hall–Kier alpha value is -0.900. The average Bonchev–Trinajstić information content (AvgIpc) is 2.75. The van der Waals surface area contributed by atoms with E-state index in [1.165, 1.54) is 12.8 Å². The van der Waals surface area contributed by atoms with Crippen LogP contribution in [0.25, 0.3) is 0 Å². The van der Waals surface area contributed by atoms with Gasteiger partial charge < -0.3 is 5.32 Å². The Morgan fingerprint density at radius 1 is 1.29 bits per heavy atom. The van der Waals surface area contributed by atoms with Crippen molar-refractivity contribution in [2.75, 3.05) is 13.1 Å². The van der Waals surface area contributed by atoms with Crippen LogP contribution in [0, 0.1) is 5.92 Å². The standard InChI is InChI=1S/C10H16N4/c1-6-4-11-5-8(6)10-12-9(13-14-10)7-2-3-7/h6-8,11H,2-5H2,1H3,(H,12,13,14)/t6-,8-/m1/s1. The van der Waals surface area contributed by atoms with Crippen molar-refractivity contribution >= 4 is 0 Å². The van der Waals surface area contributed by atoms with Gasteiger partial charge in [0.2, 0.25) is 0 Å². The third-order valence-electron chi connectivity index (χ3n) is 3.33. The summed E-state index contributed by atoms with van der Waals surface area (Å²) in [5.41, 5.74) is 0. The van der Waals surface area contributed by atoms with Gasteiger partial charge in [0, 0.05) is 18.4 Å². The molecule has 0 aromatic carbocycles. The normalized spacial score (nSPS) is 32.4.